The molecule has 3 rings (SSSR count). The first-order valence-electron chi connectivity index (χ1n) is 6.72. The number of rotatable bonds is 3. The van der Waals surface area contributed by atoms with Crippen LogP contribution in [0.25, 0.3) is 10.9 Å². The Labute approximate surface area is 122 Å². The summed E-state index contributed by atoms with van der Waals surface area (Å²) in [6.45, 7) is 4.40. The van der Waals surface area contributed by atoms with Gasteiger partial charge in [-0.1, -0.05) is 49.9 Å². The molecule has 0 aliphatic rings. The van der Waals surface area contributed by atoms with Crippen LogP contribution in [0.15, 0.2) is 58.5 Å². The van der Waals surface area contributed by atoms with E-state index in [4.69, 9.17) is 0 Å². The average Bonchev–Trinajstić information content (AvgIpc) is 2.84. The highest BCUT2D eigenvalue weighted by Crippen LogP contribution is 2.40. The molecular weight excluding hydrogens is 266 g/mol. The van der Waals surface area contributed by atoms with Crippen LogP contribution in [0.4, 0.5) is 0 Å². The van der Waals surface area contributed by atoms with Gasteiger partial charge in [0.15, 0.2) is 0 Å². The normalized spacial score (nSPS) is 11.3. The van der Waals surface area contributed by atoms with E-state index in [-0.39, 0.29) is 0 Å². The van der Waals surface area contributed by atoms with Crippen LogP contribution in [0.2, 0.25) is 0 Å². The molecule has 3 heteroatoms. The maximum atomic E-state index is 10.1. The smallest absolute Gasteiger partial charge is 0.126 e. The van der Waals surface area contributed by atoms with Gasteiger partial charge < -0.3 is 10.1 Å². The molecule has 102 valence electrons. The van der Waals surface area contributed by atoms with E-state index in [0.29, 0.717) is 11.7 Å². The number of fused-ring (bicyclic) bond motifs is 1. The first-order chi connectivity index (χ1) is 9.66. The summed E-state index contributed by atoms with van der Waals surface area (Å²) in [7, 11) is 0. The number of aromatic amines is 1. The number of benzene rings is 2. The molecule has 3 aromatic rings. The molecule has 0 unspecified atom stereocenters. The maximum Gasteiger partial charge on any atom is 0.126 e. The fraction of sp³-hybridized carbons (Fsp3) is 0.176. The largest absolute Gasteiger partial charge is 0.507 e. The highest BCUT2D eigenvalue weighted by Gasteiger charge is 2.12. The van der Waals surface area contributed by atoms with E-state index in [1.807, 2.05) is 18.3 Å². The zero-order valence-electron chi connectivity index (χ0n) is 11.6. The summed E-state index contributed by atoms with van der Waals surface area (Å²) in [5.41, 5.74) is 2.30. The third-order valence-corrected chi connectivity index (χ3v) is 4.54. The lowest BCUT2D eigenvalue weighted by Gasteiger charge is -2.11. The van der Waals surface area contributed by atoms with Gasteiger partial charge in [-0.05, 0) is 29.7 Å². The van der Waals surface area contributed by atoms with E-state index in [9.17, 15) is 5.11 Å². The van der Waals surface area contributed by atoms with Crippen LogP contribution in [0.5, 0.6) is 5.75 Å². The number of phenols is 1. The second kappa shape index (κ2) is 5.25. The van der Waals surface area contributed by atoms with Gasteiger partial charge in [0.05, 0.1) is 10.9 Å². The molecule has 0 radical (unpaired) electrons. The number of nitrogens with one attached hydrogen (secondary N) is 1. The van der Waals surface area contributed by atoms with Crippen LogP contribution >= 0.6 is 11.8 Å². The standard InChI is InChI=1S/C17H17NOS/c1-11(2)12-6-3-4-9-15(12)20-16-10-18-13-7-5-8-14(19)17(13)16/h3-11,18-19H,1-2H3. The van der Waals surface area contributed by atoms with Crippen LogP contribution in [0.3, 0.4) is 0 Å². The van der Waals surface area contributed by atoms with E-state index in [0.717, 1.165) is 15.8 Å². The summed E-state index contributed by atoms with van der Waals surface area (Å²) in [4.78, 5) is 5.52. The van der Waals surface area contributed by atoms with Crippen LogP contribution in [0, 0.1) is 0 Å². The van der Waals surface area contributed by atoms with Gasteiger partial charge in [-0.25, -0.2) is 0 Å². The van der Waals surface area contributed by atoms with E-state index in [1.165, 1.54) is 10.5 Å². The minimum atomic E-state index is 0.327. The van der Waals surface area contributed by atoms with Crippen molar-refractivity contribution in [2.45, 2.75) is 29.6 Å². The molecule has 2 aromatic carbocycles. The van der Waals surface area contributed by atoms with Crippen molar-refractivity contribution >= 4 is 22.7 Å². The van der Waals surface area contributed by atoms with Gasteiger partial charge in [0, 0.05) is 16.0 Å². The minimum absolute atomic E-state index is 0.327. The van der Waals surface area contributed by atoms with Crippen LogP contribution in [-0.2, 0) is 0 Å². The summed E-state index contributed by atoms with van der Waals surface area (Å²) >= 11 is 1.70. The van der Waals surface area contributed by atoms with E-state index >= 15 is 0 Å². The zero-order chi connectivity index (χ0) is 14.1. The van der Waals surface area contributed by atoms with Crippen molar-refractivity contribution in [1.29, 1.82) is 0 Å². The first-order valence-corrected chi connectivity index (χ1v) is 7.54. The lowest BCUT2D eigenvalue weighted by Crippen LogP contribution is -1.89. The molecule has 0 aliphatic carbocycles. The lowest BCUT2D eigenvalue weighted by atomic mass is 10.0. The monoisotopic (exact) mass is 283 g/mol. The molecule has 0 spiro atoms. The minimum Gasteiger partial charge on any atom is -0.507 e. The number of hydrogen-bond donors (Lipinski definition) is 2. The second-order valence-corrected chi connectivity index (χ2v) is 6.23. The first kappa shape index (κ1) is 13.1. The number of aromatic hydroxyl groups is 1. The third kappa shape index (κ3) is 2.29. The Bertz CT molecular complexity index is 746. The summed E-state index contributed by atoms with van der Waals surface area (Å²) < 4.78 is 0. The van der Waals surface area contributed by atoms with Crippen LogP contribution < -0.4 is 0 Å². The summed E-state index contributed by atoms with van der Waals surface area (Å²) in [6, 6.07) is 14.0. The number of hydrogen-bond acceptors (Lipinski definition) is 2. The van der Waals surface area contributed by atoms with Crippen molar-refractivity contribution in [2.75, 3.05) is 0 Å². The Morgan fingerprint density at radius 2 is 1.80 bits per heavy atom. The van der Waals surface area contributed by atoms with E-state index in [1.54, 1.807) is 17.8 Å². The molecule has 1 aromatic heterocycles. The van der Waals surface area contributed by atoms with Gasteiger partial charge in [-0.3, -0.25) is 0 Å². The van der Waals surface area contributed by atoms with Crippen molar-refractivity contribution in [1.82, 2.24) is 4.98 Å². The van der Waals surface area contributed by atoms with Crippen LogP contribution in [0.1, 0.15) is 25.3 Å². The van der Waals surface area contributed by atoms with E-state index in [2.05, 4.69) is 43.1 Å². The third-order valence-electron chi connectivity index (χ3n) is 3.41. The maximum absolute atomic E-state index is 10.1. The quantitative estimate of drug-likeness (QED) is 0.697. The van der Waals surface area contributed by atoms with Crippen molar-refractivity contribution in [3.05, 3.63) is 54.2 Å². The predicted molar refractivity (Wildman–Crippen MR) is 84.6 cm³/mol. The predicted octanol–water partition coefficient (Wildman–Crippen LogP) is 5.15. The van der Waals surface area contributed by atoms with Gasteiger partial charge in [0.1, 0.15) is 5.75 Å². The van der Waals surface area contributed by atoms with E-state index < -0.39 is 0 Å². The second-order valence-electron chi connectivity index (χ2n) is 5.15. The Kier molecular flexibility index (Phi) is 3.45. The fourth-order valence-corrected chi connectivity index (χ4v) is 3.62. The number of phenolic OH excluding ortho intramolecular Hbond substituents is 1. The molecule has 0 bridgehead atoms. The zero-order valence-corrected chi connectivity index (χ0v) is 12.4. The van der Waals surface area contributed by atoms with Gasteiger partial charge in [0.25, 0.3) is 0 Å². The number of aromatic nitrogens is 1. The highest BCUT2D eigenvalue weighted by atomic mass is 32.2. The Hall–Kier alpha value is -1.87. The fourth-order valence-electron chi connectivity index (χ4n) is 2.38. The topological polar surface area (TPSA) is 36.0 Å². The van der Waals surface area contributed by atoms with Crippen LogP contribution in [-0.4, -0.2) is 10.1 Å². The van der Waals surface area contributed by atoms with Gasteiger partial charge >= 0.3 is 0 Å². The Morgan fingerprint density at radius 3 is 2.60 bits per heavy atom. The molecule has 0 atom stereocenters. The molecular formula is C17H17NOS. The summed E-state index contributed by atoms with van der Waals surface area (Å²) in [6.07, 6.45) is 1.96. The molecule has 2 nitrogen and oxygen atoms in total. The van der Waals surface area contributed by atoms with Crippen molar-refractivity contribution in [3.8, 4) is 5.75 Å². The SMILES string of the molecule is CC(C)c1ccccc1Sc1c[nH]c2cccc(O)c12. The molecule has 0 saturated heterocycles. The lowest BCUT2D eigenvalue weighted by molar-refractivity contribution is 0.481. The molecule has 2 N–H and O–H groups in total. The Morgan fingerprint density at radius 1 is 1.00 bits per heavy atom. The molecule has 1 heterocycles. The molecule has 0 amide bonds. The summed E-state index contributed by atoms with van der Waals surface area (Å²) in [5, 5.41) is 11.0. The van der Waals surface area contributed by atoms with Gasteiger partial charge in [0.2, 0.25) is 0 Å². The van der Waals surface area contributed by atoms with Crippen molar-refractivity contribution in [2.24, 2.45) is 0 Å². The molecule has 0 aliphatic heterocycles. The van der Waals surface area contributed by atoms with Gasteiger partial charge in [-0.15, -0.1) is 0 Å². The van der Waals surface area contributed by atoms with Gasteiger partial charge in [-0.2, -0.15) is 0 Å². The highest BCUT2D eigenvalue weighted by molar-refractivity contribution is 7.99. The molecule has 0 saturated carbocycles. The Balaban J connectivity index is 2.06. The average molecular weight is 283 g/mol. The van der Waals surface area contributed by atoms with Crippen molar-refractivity contribution < 1.29 is 5.11 Å². The number of H-pyrrole nitrogens is 1. The summed E-state index contributed by atoms with van der Waals surface area (Å²) in [5.74, 6) is 0.811. The molecule has 0 fully saturated rings. The van der Waals surface area contributed by atoms with Crippen molar-refractivity contribution in [3.63, 3.8) is 0 Å². The molecule has 20 heavy (non-hydrogen) atoms.